The molecular weight excluding hydrogens is 236 g/mol. The Balaban J connectivity index is 2.93. The van der Waals surface area contributed by atoms with Crippen LogP contribution in [0.3, 0.4) is 0 Å². The van der Waals surface area contributed by atoms with Gasteiger partial charge in [-0.15, -0.1) is 0 Å². The lowest BCUT2D eigenvalue weighted by Gasteiger charge is -2.34. The third-order valence-corrected chi connectivity index (χ3v) is 3.08. The molecule has 19 heavy (non-hydrogen) atoms. The van der Waals surface area contributed by atoms with Gasteiger partial charge in [0.15, 0.2) is 0 Å². The standard InChI is InChI=1S/C15H30N4/c1-8-9-11-12(16)13(19(7)18-11)17-15(5,6)10-14(2,3)4/h17H,8-10,16H2,1-7H3. The molecule has 0 aromatic carbocycles. The first-order valence-corrected chi connectivity index (χ1v) is 7.15. The molecule has 1 aromatic rings. The van der Waals surface area contributed by atoms with Crippen LogP contribution in [0.2, 0.25) is 0 Å². The summed E-state index contributed by atoms with van der Waals surface area (Å²) in [7, 11) is 1.95. The molecule has 1 rings (SSSR count). The first-order valence-electron chi connectivity index (χ1n) is 7.15. The molecule has 4 heteroatoms. The maximum atomic E-state index is 6.22. The number of nitrogens with zero attached hydrogens (tertiary/aromatic N) is 2. The molecule has 4 nitrogen and oxygen atoms in total. The second-order valence-electron chi connectivity index (χ2n) is 7.33. The SMILES string of the molecule is CCCc1nn(C)c(NC(C)(C)CC(C)(C)C)c1N. The van der Waals surface area contributed by atoms with Gasteiger partial charge in [0.25, 0.3) is 0 Å². The molecule has 0 bridgehead atoms. The van der Waals surface area contributed by atoms with E-state index >= 15 is 0 Å². The fourth-order valence-corrected chi connectivity index (χ4v) is 2.86. The van der Waals surface area contributed by atoms with E-state index in [2.05, 4.69) is 52.0 Å². The predicted molar refractivity (Wildman–Crippen MR) is 83.4 cm³/mol. The zero-order valence-electron chi connectivity index (χ0n) is 13.6. The van der Waals surface area contributed by atoms with Gasteiger partial charge in [-0.25, -0.2) is 0 Å². The minimum atomic E-state index is -0.0103. The van der Waals surface area contributed by atoms with Crippen LogP contribution in [0.4, 0.5) is 11.5 Å². The van der Waals surface area contributed by atoms with Gasteiger partial charge >= 0.3 is 0 Å². The van der Waals surface area contributed by atoms with Crippen LogP contribution in [0, 0.1) is 5.41 Å². The van der Waals surface area contributed by atoms with Gasteiger partial charge < -0.3 is 11.1 Å². The smallest absolute Gasteiger partial charge is 0.148 e. The summed E-state index contributed by atoms with van der Waals surface area (Å²) in [5.74, 6) is 0.942. The summed E-state index contributed by atoms with van der Waals surface area (Å²) in [6.07, 6.45) is 3.06. The zero-order valence-corrected chi connectivity index (χ0v) is 13.6. The number of aryl methyl sites for hydroxylation is 2. The molecule has 0 spiro atoms. The number of hydrogen-bond acceptors (Lipinski definition) is 3. The highest BCUT2D eigenvalue weighted by atomic mass is 15.3. The largest absolute Gasteiger partial charge is 0.394 e. The molecule has 0 saturated heterocycles. The Kier molecular flexibility index (Phi) is 4.54. The van der Waals surface area contributed by atoms with E-state index in [1.54, 1.807) is 0 Å². The molecular formula is C15H30N4. The van der Waals surface area contributed by atoms with E-state index in [4.69, 9.17) is 5.73 Å². The van der Waals surface area contributed by atoms with Crippen LogP contribution in [-0.4, -0.2) is 15.3 Å². The van der Waals surface area contributed by atoms with Crippen molar-refractivity contribution in [3.05, 3.63) is 5.69 Å². The first-order chi connectivity index (χ1) is 8.56. The molecule has 0 saturated carbocycles. The molecule has 1 aromatic heterocycles. The lowest BCUT2D eigenvalue weighted by atomic mass is 9.82. The topological polar surface area (TPSA) is 55.9 Å². The van der Waals surface area contributed by atoms with Crippen molar-refractivity contribution in [2.75, 3.05) is 11.1 Å². The summed E-state index contributed by atoms with van der Waals surface area (Å²) in [6, 6.07) is 0. The molecule has 0 unspecified atom stereocenters. The van der Waals surface area contributed by atoms with Crippen molar-refractivity contribution in [2.24, 2.45) is 12.5 Å². The molecule has 0 aliphatic carbocycles. The highest BCUT2D eigenvalue weighted by molar-refractivity contribution is 5.65. The average Bonchev–Trinajstić information content (AvgIpc) is 2.42. The maximum Gasteiger partial charge on any atom is 0.148 e. The fraction of sp³-hybridized carbons (Fsp3) is 0.800. The second kappa shape index (κ2) is 5.43. The van der Waals surface area contributed by atoms with Crippen molar-refractivity contribution in [1.82, 2.24) is 9.78 Å². The van der Waals surface area contributed by atoms with Gasteiger partial charge in [-0.2, -0.15) is 5.10 Å². The monoisotopic (exact) mass is 266 g/mol. The van der Waals surface area contributed by atoms with Gasteiger partial charge in [0.05, 0.1) is 11.4 Å². The van der Waals surface area contributed by atoms with Crippen molar-refractivity contribution in [1.29, 1.82) is 0 Å². The number of nitrogen functional groups attached to an aromatic ring is 1. The minimum absolute atomic E-state index is 0.0103. The minimum Gasteiger partial charge on any atom is -0.394 e. The maximum absolute atomic E-state index is 6.22. The number of anilines is 2. The number of aromatic nitrogens is 2. The first kappa shape index (κ1) is 15.9. The van der Waals surface area contributed by atoms with E-state index in [9.17, 15) is 0 Å². The lowest BCUT2D eigenvalue weighted by molar-refractivity contribution is 0.301. The zero-order chi connectivity index (χ0) is 14.8. The Morgan fingerprint density at radius 3 is 2.26 bits per heavy atom. The number of hydrogen-bond donors (Lipinski definition) is 2. The van der Waals surface area contributed by atoms with Crippen molar-refractivity contribution < 1.29 is 0 Å². The van der Waals surface area contributed by atoms with Crippen LogP contribution in [0.5, 0.6) is 0 Å². The highest BCUT2D eigenvalue weighted by Crippen LogP contribution is 2.32. The normalized spacial score (nSPS) is 12.8. The van der Waals surface area contributed by atoms with E-state index < -0.39 is 0 Å². The van der Waals surface area contributed by atoms with Gasteiger partial charge in [-0.1, -0.05) is 34.1 Å². The summed E-state index contributed by atoms with van der Waals surface area (Å²) >= 11 is 0. The Bertz CT molecular complexity index is 424. The van der Waals surface area contributed by atoms with Crippen LogP contribution in [0.1, 0.15) is 60.1 Å². The molecule has 0 atom stereocenters. The third-order valence-electron chi connectivity index (χ3n) is 3.08. The summed E-state index contributed by atoms with van der Waals surface area (Å²) in [6.45, 7) is 13.3. The number of nitrogens with one attached hydrogen (secondary N) is 1. The molecule has 0 aliphatic heterocycles. The van der Waals surface area contributed by atoms with Gasteiger partial charge in [-0.3, -0.25) is 4.68 Å². The molecule has 1 heterocycles. The molecule has 110 valence electrons. The van der Waals surface area contributed by atoms with Crippen LogP contribution < -0.4 is 11.1 Å². The summed E-state index contributed by atoms with van der Waals surface area (Å²) in [4.78, 5) is 0. The van der Waals surface area contributed by atoms with Crippen molar-refractivity contribution in [3.63, 3.8) is 0 Å². The Hall–Kier alpha value is -1.19. The summed E-state index contributed by atoms with van der Waals surface area (Å²) in [5, 5.41) is 8.08. The van der Waals surface area contributed by atoms with E-state index in [1.807, 2.05) is 11.7 Å². The number of nitrogens with two attached hydrogens (primary N) is 1. The van der Waals surface area contributed by atoms with E-state index in [1.165, 1.54) is 0 Å². The summed E-state index contributed by atoms with van der Waals surface area (Å²) < 4.78 is 1.87. The van der Waals surface area contributed by atoms with Gasteiger partial charge in [-0.05, 0) is 32.1 Å². The van der Waals surface area contributed by atoms with E-state index in [-0.39, 0.29) is 11.0 Å². The average molecular weight is 266 g/mol. The summed E-state index contributed by atoms with van der Waals surface area (Å²) in [5.41, 5.74) is 8.28. The quantitative estimate of drug-likeness (QED) is 0.856. The predicted octanol–water partition coefficient (Wildman–Crippen LogP) is 3.58. The molecule has 0 radical (unpaired) electrons. The molecule has 0 aliphatic rings. The van der Waals surface area contributed by atoms with E-state index in [0.717, 1.165) is 36.5 Å². The Morgan fingerprint density at radius 1 is 1.21 bits per heavy atom. The van der Waals surface area contributed by atoms with Gasteiger partial charge in [0, 0.05) is 12.6 Å². The number of rotatable bonds is 5. The molecule has 0 amide bonds. The van der Waals surface area contributed by atoms with Crippen molar-refractivity contribution in [3.8, 4) is 0 Å². The fourth-order valence-electron chi connectivity index (χ4n) is 2.86. The second-order valence-corrected chi connectivity index (χ2v) is 7.33. The molecule has 0 fully saturated rings. The lowest BCUT2D eigenvalue weighted by Crippen LogP contribution is -2.36. The van der Waals surface area contributed by atoms with E-state index in [0.29, 0.717) is 0 Å². The van der Waals surface area contributed by atoms with Crippen molar-refractivity contribution >= 4 is 11.5 Å². The molecule has 3 N–H and O–H groups in total. The highest BCUT2D eigenvalue weighted by Gasteiger charge is 2.27. The van der Waals surface area contributed by atoms with Gasteiger partial charge in [0.2, 0.25) is 0 Å². The Morgan fingerprint density at radius 2 is 1.79 bits per heavy atom. The van der Waals surface area contributed by atoms with Crippen molar-refractivity contribution in [2.45, 2.75) is 66.3 Å². The van der Waals surface area contributed by atoms with Crippen LogP contribution in [0.15, 0.2) is 0 Å². The van der Waals surface area contributed by atoms with Crippen LogP contribution in [0.25, 0.3) is 0 Å². The van der Waals surface area contributed by atoms with Gasteiger partial charge in [0.1, 0.15) is 5.82 Å². The Labute approximate surface area is 117 Å². The third kappa shape index (κ3) is 4.44. The van der Waals surface area contributed by atoms with Crippen LogP contribution in [-0.2, 0) is 13.5 Å². The van der Waals surface area contributed by atoms with Crippen LogP contribution >= 0.6 is 0 Å².